The number of ether oxygens (including phenoxy) is 1. The van der Waals surface area contributed by atoms with E-state index in [0.717, 1.165) is 83.5 Å². The Morgan fingerprint density at radius 2 is 0.919 bits per heavy atom. The van der Waals surface area contributed by atoms with Crippen LogP contribution < -0.4 is 4.74 Å². The quantitative estimate of drug-likeness (QED) is 0.151. The third-order valence-corrected chi connectivity index (χ3v) is 11.9. The van der Waals surface area contributed by atoms with Crippen LogP contribution in [0.3, 0.4) is 0 Å². The van der Waals surface area contributed by atoms with Gasteiger partial charge < -0.3 is 4.74 Å². The molecule has 11 rings (SSSR count). The van der Waals surface area contributed by atoms with Gasteiger partial charge in [0.05, 0.1) is 12.0 Å². The van der Waals surface area contributed by atoms with Gasteiger partial charge in [-0.25, -0.2) is 19.8 Å². The van der Waals surface area contributed by atoms with E-state index in [9.17, 15) is 0 Å². The lowest BCUT2D eigenvalue weighted by atomic mass is 9.63. The highest BCUT2D eigenvalue weighted by molar-refractivity contribution is 5.95. The molecule has 0 fully saturated rings. The lowest BCUT2D eigenvalue weighted by molar-refractivity contribution is 0.436. The van der Waals surface area contributed by atoms with E-state index in [2.05, 4.69) is 187 Å². The number of hydrogen-bond acceptors (Lipinski definition) is 4. The van der Waals surface area contributed by atoms with Gasteiger partial charge in [-0.2, -0.15) is 0 Å². The zero-order chi connectivity index (χ0) is 41.5. The minimum absolute atomic E-state index is 0.520. The Morgan fingerprint density at radius 1 is 0.387 bits per heavy atom. The molecule has 0 bridgehead atoms. The van der Waals surface area contributed by atoms with Gasteiger partial charge in [-0.15, -0.1) is 0 Å². The summed E-state index contributed by atoms with van der Waals surface area (Å²) in [6.07, 6.45) is 0. The van der Waals surface area contributed by atoms with E-state index in [1.807, 2.05) is 24.3 Å². The SMILES string of the molecule is [C-]#[N+]c1ccc(-c2nc(-c3cccc(-c4cccc5c4Oc4ccccc4C5(c4ccccc4)c4ccccc4)c3)nc(-c3cc4ccccc4cc3-c3ccccc3)n2)cc1. The molecule has 0 aliphatic carbocycles. The van der Waals surface area contributed by atoms with Crippen LogP contribution in [-0.2, 0) is 5.41 Å². The summed E-state index contributed by atoms with van der Waals surface area (Å²) in [7, 11) is 0. The van der Waals surface area contributed by atoms with Crippen molar-refractivity contribution in [2.45, 2.75) is 5.41 Å². The lowest BCUT2D eigenvalue weighted by Gasteiger charge is -2.42. The highest BCUT2D eigenvalue weighted by Crippen LogP contribution is 2.57. The number of fused-ring (bicyclic) bond motifs is 3. The van der Waals surface area contributed by atoms with Crippen LogP contribution in [0.2, 0.25) is 0 Å². The van der Waals surface area contributed by atoms with Crippen LogP contribution in [0.5, 0.6) is 11.5 Å². The Labute approximate surface area is 360 Å². The van der Waals surface area contributed by atoms with Crippen LogP contribution in [0.25, 0.3) is 72.0 Å². The number of benzene rings is 9. The van der Waals surface area contributed by atoms with Crippen molar-refractivity contribution in [2.75, 3.05) is 0 Å². The number of para-hydroxylation sites is 2. The third-order valence-electron chi connectivity index (χ3n) is 11.9. The van der Waals surface area contributed by atoms with Crippen molar-refractivity contribution in [3.8, 4) is 67.9 Å². The van der Waals surface area contributed by atoms with Crippen LogP contribution in [-0.4, -0.2) is 15.0 Å². The van der Waals surface area contributed by atoms with Crippen molar-refractivity contribution in [2.24, 2.45) is 0 Å². The zero-order valence-corrected chi connectivity index (χ0v) is 33.5. The largest absolute Gasteiger partial charge is 0.456 e. The Balaban J connectivity index is 1.12. The van der Waals surface area contributed by atoms with Crippen LogP contribution in [0.4, 0.5) is 5.69 Å². The normalized spacial score (nSPS) is 12.4. The predicted octanol–water partition coefficient (Wildman–Crippen LogP) is 14.4. The molecule has 0 saturated carbocycles. The molecule has 0 atom stereocenters. The summed E-state index contributed by atoms with van der Waals surface area (Å²) < 4.78 is 7.01. The first-order chi connectivity index (χ1) is 30.7. The first-order valence-corrected chi connectivity index (χ1v) is 20.6. The summed E-state index contributed by atoms with van der Waals surface area (Å²) >= 11 is 0. The summed E-state index contributed by atoms with van der Waals surface area (Å²) in [4.78, 5) is 19.2. The molecule has 2 heterocycles. The molecule has 0 amide bonds. The molecular weight excluding hydrogens is 757 g/mol. The first-order valence-electron chi connectivity index (χ1n) is 20.6. The fraction of sp³-hybridized carbons (Fsp3) is 0.0175. The Hall–Kier alpha value is -8.46. The molecule has 62 heavy (non-hydrogen) atoms. The van der Waals surface area contributed by atoms with E-state index in [4.69, 9.17) is 26.3 Å². The average molecular weight is 793 g/mol. The second-order valence-electron chi connectivity index (χ2n) is 15.4. The predicted molar refractivity (Wildman–Crippen MR) is 249 cm³/mol. The topological polar surface area (TPSA) is 52.3 Å². The lowest BCUT2D eigenvalue weighted by Crippen LogP contribution is -2.34. The highest BCUT2D eigenvalue weighted by Gasteiger charge is 2.45. The van der Waals surface area contributed by atoms with E-state index in [1.165, 1.54) is 0 Å². The molecule has 0 unspecified atom stereocenters. The Morgan fingerprint density at radius 3 is 1.61 bits per heavy atom. The van der Waals surface area contributed by atoms with E-state index < -0.39 is 5.41 Å². The van der Waals surface area contributed by atoms with Gasteiger partial charge in [0, 0.05) is 33.4 Å². The molecule has 1 aliphatic rings. The standard InChI is InChI=1S/C57H36N4O/c1-58-46-33-31-39(32-34-46)54-59-55(61-56(60-54)49-37-41-20-12-11-19-40(41)36-48(49)38-17-5-2-6-18-38)43-22-15-21-42(35-43)47-27-16-29-51-53(47)62-52-30-14-13-28-50(52)57(51,44-23-7-3-8-24-44)45-25-9-4-10-26-45/h2-37H. The van der Waals surface area contributed by atoms with Gasteiger partial charge in [0.1, 0.15) is 11.5 Å². The van der Waals surface area contributed by atoms with E-state index in [1.54, 1.807) is 12.1 Å². The maximum absolute atomic E-state index is 7.55. The monoisotopic (exact) mass is 792 g/mol. The average Bonchev–Trinajstić information content (AvgIpc) is 3.35. The molecule has 5 nitrogen and oxygen atoms in total. The Kier molecular flexibility index (Phi) is 9.03. The van der Waals surface area contributed by atoms with Crippen LogP contribution in [0.1, 0.15) is 22.3 Å². The van der Waals surface area contributed by atoms with Crippen LogP contribution >= 0.6 is 0 Å². The molecule has 9 aromatic carbocycles. The van der Waals surface area contributed by atoms with Gasteiger partial charge in [0.2, 0.25) is 0 Å². The van der Waals surface area contributed by atoms with Gasteiger partial charge in [-0.05, 0) is 62.9 Å². The molecule has 0 radical (unpaired) electrons. The van der Waals surface area contributed by atoms with Crippen molar-refractivity contribution in [1.29, 1.82) is 0 Å². The molecule has 10 aromatic rings. The zero-order valence-electron chi connectivity index (χ0n) is 33.5. The van der Waals surface area contributed by atoms with E-state index >= 15 is 0 Å². The molecule has 290 valence electrons. The molecule has 5 heteroatoms. The van der Waals surface area contributed by atoms with E-state index in [0.29, 0.717) is 23.2 Å². The first kappa shape index (κ1) is 36.6. The molecule has 1 aliphatic heterocycles. The minimum Gasteiger partial charge on any atom is -0.456 e. The molecule has 1 aromatic heterocycles. The summed E-state index contributed by atoms with van der Waals surface area (Å²) in [5.74, 6) is 3.23. The number of rotatable bonds is 7. The van der Waals surface area contributed by atoms with E-state index in [-0.39, 0.29) is 0 Å². The Bertz CT molecular complexity index is 3280. The van der Waals surface area contributed by atoms with Crippen molar-refractivity contribution in [3.05, 3.63) is 252 Å². The van der Waals surface area contributed by atoms with Gasteiger partial charge in [-0.1, -0.05) is 194 Å². The highest BCUT2D eigenvalue weighted by atomic mass is 16.5. The van der Waals surface area contributed by atoms with Crippen LogP contribution in [0, 0.1) is 6.57 Å². The summed E-state index contributed by atoms with van der Waals surface area (Å²) in [6.45, 7) is 7.55. The smallest absolute Gasteiger partial charge is 0.187 e. The molecule has 0 saturated heterocycles. The number of nitrogens with zero attached hydrogens (tertiary/aromatic N) is 4. The fourth-order valence-electron chi connectivity index (χ4n) is 9.00. The summed E-state index contributed by atoms with van der Waals surface area (Å²) in [5.41, 5.74) is 10.9. The van der Waals surface area contributed by atoms with Gasteiger partial charge in [-0.3, -0.25) is 0 Å². The van der Waals surface area contributed by atoms with Crippen LogP contribution in [0.15, 0.2) is 218 Å². The maximum atomic E-state index is 7.55. The van der Waals surface area contributed by atoms with Crippen molar-refractivity contribution < 1.29 is 4.74 Å². The minimum atomic E-state index is -0.641. The second-order valence-corrected chi connectivity index (χ2v) is 15.4. The van der Waals surface area contributed by atoms with Crippen molar-refractivity contribution in [3.63, 3.8) is 0 Å². The maximum Gasteiger partial charge on any atom is 0.187 e. The van der Waals surface area contributed by atoms with Gasteiger partial charge in [0.25, 0.3) is 0 Å². The summed E-state index contributed by atoms with van der Waals surface area (Å²) in [6, 6.07) is 75.3. The second kappa shape index (κ2) is 15.3. The van der Waals surface area contributed by atoms with Crippen molar-refractivity contribution in [1.82, 2.24) is 15.0 Å². The fourth-order valence-corrected chi connectivity index (χ4v) is 9.00. The number of hydrogen-bond donors (Lipinski definition) is 0. The molecular formula is C57H36N4O. The third kappa shape index (κ3) is 6.22. The summed E-state index contributed by atoms with van der Waals surface area (Å²) in [5, 5.41) is 2.22. The van der Waals surface area contributed by atoms with Crippen molar-refractivity contribution >= 4 is 16.5 Å². The van der Waals surface area contributed by atoms with Gasteiger partial charge in [0.15, 0.2) is 23.2 Å². The van der Waals surface area contributed by atoms with Gasteiger partial charge >= 0.3 is 0 Å². The molecule has 0 spiro atoms. The molecule has 0 N–H and O–H groups in total. The number of aromatic nitrogens is 3.